The first-order valence-electron chi connectivity index (χ1n) is 8.94. The monoisotopic (exact) mass is 409 g/mol. The first kappa shape index (κ1) is 21.8. The van der Waals surface area contributed by atoms with Crippen LogP contribution in [0.4, 0.5) is 4.39 Å². The second-order valence-corrected chi connectivity index (χ2v) is 8.20. The fourth-order valence-electron chi connectivity index (χ4n) is 2.77. The number of aromatic nitrogens is 1. The van der Waals surface area contributed by atoms with Crippen molar-refractivity contribution >= 4 is 15.9 Å². The van der Waals surface area contributed by atoms with Crippen LogP contribution in [-0.2, 0) is 21.4 Å². The van der Waals surface area contributed by atoms with Crippen molar-refractivity contribution in [2.24, 2.45) is 0 Å². The Kier molecular flexibility index (Phi) is 7.09. The van der Waals surface area contributed by atoms with Gasteiger partial charge in [0.1, 0.15) is 12.4 Å². The Bertz CT molecular complexity index is 983. The van der Waals surface area contributed by atoms with E-state index in [0.717, 1.165) is 10.6 Å². The van der Waals surface area contributed by atoms with Crippen LogP contribution in [0.1, 0.15) is 32.4 Å². The minimum Gasteiger partial charge on any atom is -0.348 e. The fourth-order valence-corrected chi connectivity index (χ4v) is 4.25. The van der Waals surface area contributed by atoms with Crippen molar-refractivity contribution < 1.29 is 17.6 Å². The topological polar surface area (TPSA) is 88.5 Å². The third-order valence-electron chi connectivity index (χ3n) is 4.36. The summed E-state index contributed by atoms with van der Waals surface area (Å²) in [6.07, 6.45) is 1.18. The number of rotatable bonds is 8. The number of amides is 1. The molecule has 1 N–H and O–H groups in total. The van der Waals surface area contributed by atoms with Gasteiger partial charge in [0.15, 0.2) is 0 Å². The summed E-state index contributed by atoms with van der Waals surface area (Å²) in [4.78, 5) is 24.3. The lowest BCUT2D eigenvalue weighted by molar-refractivity contribution is -0.122. The van der Waals surface area contributed by atoms with Crippen LogP contribution in [0.5, 0.6) is 0 Å². The maximum atomic E-state index is 13.0. The highest BCUT2D eigenvalue weighted by atomic mass is 32.2. The number of nitrogens with one attached hydrogen (secondary N) is 1. The summed E-state index contributed by atoms with van der Waals surface area (Å²) in [5.74, 6) is -0.837. The van der Waals surface area contributed by atoms with Crippen LogP contribution in [-0.4, -0.2) is 36.3 Å². The number of nitrogens with zero attached hydrogens (tertiary/aromatic N) is 2. The Morgan fingerprint density at radius 2 is 1.75 bits per heavy atom. The lowest BCUT2D eigenvalue weighted by atomic mass is 10.1. The van der Waals surface area contributed by atoms with Crippen molar-refractivity contribution in [2.45, 2.75) is 38.3 Å². The minimum atomic E-state index is -3.74. The highest BCUT2D eigenvalue weighted by Gasteiger charge is 2.22. The molecule has 0 bridgehead atoms. The number of carbonyl (C=O) groups excluding carboxylic acids is 1. The van der Waals surface area contributed by atoms with Crippen molar-refractivity contribution in [3.8, 4) is 0 Å². The maximum Gasteiger partial charge on any atom is 0.251 e. The lowest BCUT2D eigenvalue weighted by Crippen LogP contribution is -2.35. The first-order chi connectivity index (χ1) is 13.2. The van der Waals surface area contributed by atoms with Crippen LogP contribution < -0.4 is 10.9 Å². The maximum absolute atomic E-state index is 13.0. The number of carbonyl (C=O) groups is 1. The number of halogens is 1. The molecule has 1 amide bonds. The van der Waals surface area contributed by atoms with E-state index in [2.05, 4.69) is 5.32 Å². The lowest BCUT2D eigenvalue weighted by Gasteiger charge is -2.19. The molecule has 2 aromatic rings. The molecule has 1 atom stereocenters. The quantitative estimate of drug-likeness (QED) is 0.721. The van der Waals surface area contributed by atoms with Gasteiger partial charge in [-0.25, -0.2) is 12.8 Å². The van der Waals surface area contributed by atoms with Gasteiger partial charge in [-0.15, -0.1) is 0 Å². The van der Waals surface area contributed by atoms with E-state index >= 15 is 0 Å². The summed E-state index contributed by atoms with van der Waals surface area (Å²) in [6.45, 7) is 5.45. The van der Waals surface area contributed by atoms with Crippen molar-refractivity contribution in [1.82, 2.24) is 14.2 Å². The Morgan fingerprint density at radius 3 is 2.32 bits per heavy atom. The molecule has 0 aliphatic heterocycles. The summed E-state index contributed by atoms with van der Waals surface area (Å²) >= 11 is 0. The third kappa shape index (κ3) is 5.05. The molecule has 0 spiro atoms. The molecule has 0 aliphatic carbocycles. The molecule has 1 aromatic heterocycles. The fraction of sp³-hybridized carbons (Fsp3) is 0.368. The predicted molar refractivity (Wildman–Crippen MR) is 104 cm³/mol. The molecule has 0 fully saturated rings. The van der Waals surface area contributed by atoms with E-state index in [0.29, 0.717) is 18.7 Å². The van der Waals surface area contributed by atoms with Crippen LogP contribution in [0.25, 0.3) is 0 Å². The van der Waals surface area contributed by atoms with Crippen molar-refractivity contribution in [2.75, 3.05) is 13.1 Å². The molecule has 1 unspecified atom stereocenters. The Balaban J connectivity index is 2.18. The van der Waals surface area contributed by atoms with E-state index in [4.69, 9.17) is 0 Å². The molecule has 152 valence electrons. The number of sulfonamides is 1. The predicted octanol–water partition coefficient (Wildman–Crippen LogP) is 1.90. The molecule has 7 nitrogen and oxygen atoms in total. The summed E-state index contributed by atoms with van der Waals surface area (Å²) in [5, 5.41) is 2.71. The second-order valence-electron chi connectivity index (χ2n) is 6.26. The summed E-state index contributed by atoms with van der Waals surface area (Å²) in [5.41, 5.74) is 0.225. The normalized spacial score (nSPS) is 12.8. The van der Waals surface area contributed by atoms with E-state index in [9.17, 15) is 22.4 Å². The van der Waals surface area contributed by atoms with Gasteiger partial charge in [0, 0.05) is 25.4 Å². The van der Waals surface area contributed by atoms with Crippen molar-refractivity contribution in [1.29, 1.82) is 0 Å². The molecule has 28 heavy (non-hydrogen) atoms. The van der Waals surface area contributed by atoms with Crippen molar-refractivity contribution in [3.05, 3.63) is 64.3 Å². The Labute approximate surface area is 163 Å². The molecule has 0 saturated heterocycles. The molecule has 0 radical (unpaired) electrons. The molecule has 0 aliphatic rings. The van der Waals surface area contributed by atoms with Crippen LogP contribution in [0.3, 0.4) is 0 Å². The largest absolute Gasteiger partial charge is 0.348 e. The molecular formula is C19H24FN3O4S. The number of benzene rings is 1. The minimum absolute atomic E-state index is 0.0461. The summed E-state index contributed by atoms with van der Waals surface area (Å²) < 4.78 is 40.6. The highest BCUT2D eigenvalue weighted by molar-refractivity contribution is 7.89. The smallest absolute Gasteiger partial charge is 0.251 e. The van der Waals surface area contributed by atoms with E-state index in [1.165, 1.54) is 28.7 Å². The van der Waals surface area contributed by atoms with Crippen LogP contribution in [0, 0.1) is 5.82 Å². The molecule has 1 heterocycles. The van der Waals surface area contributed by atoms with Crippen LogP contribution in [0.15, 0.2) is 52.3 Å². The zero-order valence-corrected chi connectivity index (χ0v) is 16.9. The van der Waals surface area contributed by atoms with Gasteiger partial charge in [-0.2, -0.15) is 4.31 Å². The van der Waals surface area contributed by atoms with Gasteiger partial charge in [-0.1, -0.05) is 26.0 Å². The second kappa shape index (κ2) is 9.11. The average molecular weight is 409 g/mol. The highest BCUT2D eigenvalue weighted by Crippen LogP contribution is 2.14. The molecule has 1 aromatic carbocycles. The van der Waals surface area contributed by atoms with Gasteiger partial charge in [-0.05, 0) is 30.7 Å². The average Bonchev–Trinajstić information content (AvgIpc) is 2.64. The number of hydrogen-bond donors (Lipinski definition) is 1. The molecular weight excluding hydrogens is 385 g/mol. The molecule has 2 rings (SSSR count). The standard InChI is InChI=1S/C19H24FN3O4S/c1-4-23(5-2)28(26,27)17-10-11-19(25)22(12-17)13-18(24)21-14(3)15-6-8-16(20)9-7-15/h6-12,14H,4-5,13H2,1-3H3,(H,21,24). The SMILES string of the molecule is CCN(CC)S(=O)(=O)c1ccc(=O)n(CC(=O)NC(C)c2ccc(F)cc2)c1. The van der Waals surface area contributed by atoms with E-state index < -0.39 is 27.5 Å². The van der Waals surface area contributed by atoms with Crippen molar-refractivity contribution in [3.63, 3.8) is 0 Å². The van der Waals surface area contributed by atoms with Gasteiger partial charge in [0.25, 0.3) is 5.56 Å². The number of pyridine rings is 1. The van der Waals surface area contributed by atoms with Gasteiger partial charge < -0.3 is 9.88 Å². The van der Waals surface area contributed by atoms with E-state index in [1.54, 1.807) is 32.9 Å². The zero-order chi connectivity index (χ0) is 20.9. The number of hydrogen-bond acceptors (Lipinski definition) is 4. The van der Waals surface area contributed by atoms with Crippen LogP contribution >= 0.6 is 0 Å². The third-order valence-corrected chi connectivity index (χ3v) is 6.39. The summed E-state index contributed by atoms with van der Waals surface area (Å²) in [7, 11) is -3.74. The molecule has 0 saturated carbocycles. The molecule has 9 heteroatoms. The van der Waals surface area contributed by atoms with Gasteiger partial charge in [0.05, 0.1) is 10.9 Å². The van der Waals surface area contributed by atoms with Crippen LogP contribution in [0.2, 0.25) is 0 Å². The zero-order valence-electron chi connectivity index (χ0n) is 16.1. The van der Waals surface area contributed by atoms with E-state index in [-0.39, 0.29) is 17.3 Å². The summed E-state index contributed by atoms with van der Waals surface area (Å²) in [6, 6.07) is 7.69. The Hall–Kier alpha value is -2.52. The Morgan fingerprint density at radius 1 is 1.14 bits per heavy atom. The van der Waals surface area contributed by atoms with E-state index in [1.807, 2.05) is 0 Å². The van der Waals surface area contributed by atoms with Gasteiger partial charge in [0.2, 0.25) is 15.9 Å². The first-order valence-corrected chi connectivity index (χ1v) is 10.4. The van der Waals surface area contributed by atoms with Gasteiger partial charge >= 0.3 is 0 Å². The van der Waals surface area contributed by atoms with Gasteiger partial charge in [-0.3, -0.25) is 9.59 Å².